The van der Waals surface area contributed by atoms with Gasteiger partial charge in [-0.25, -0.2) is 0 Å². The van der Waals surface area contributed by atoms with Gasteiger partial charge in [0.2, 0.25) is 5.75 Å². The van der Waals surface area contributed by atoms with Crippen molar-refractivity contribution in [3.63, 3.8) is 0 Å². The maximum absolute atomic E-state index is 10.2. The number of methoxy groups -OCH3 is 1. The van der Waals surface area contributed by atoms with Gasteiger partial charge >= 0.3 is 0 Å². The molecule has 4 bridgehead atoms. The standard InChI is InChI=1S/C20H22O4/c1-23-20-18(22)12-15-6-9-16(21)5-3-2-4-14-7-10-17(11-8-14)24-19(20)13-15/h6-13,16,21-22H,2-5H2,1H3/b9-6-/t16-/m1/s1. The third-order valence-electron chi connectivity index (χ3n) is 4.14. The Morgan fingerprint density at radius 1 is 1.12 bits per heavy atom. The summed E-state index contributed by atoms with van der Waals surface area (Å²) in [7, 11) is 1.49. The smallest absolute Gasteiger partial charge is 0.203 e. The van der Waals surface area contributed by atoms with Gasteiger partial charge in [0.05, 0.1) is 13.2 Å². The Kier molecular flexibility index (Phi) is 5.06. The largest absolute Gasteiger partial charge is 0.504 e. The van der Waals surface area contributed by atoms with Crippen LogP contribution in [0.15, 0.2) is 42.5 Å². The second kappa shape index (κ2) is 7.41. The van der Waals surface area contributed by atoms with Gasteiger partial charge in [-0.1, -0.05) is 30.7 Å². The summed E-state index contributed by atoms with van der Waals surface area (Å²) in [6.45, 7) is 0. The van der Waals surface area contributed by atoms with Crippen LogP contribution in [-0.4, -0.2) is 23.4 Å². The van der Waals surface area contributed by atoms with Crippen LogP contribution in [0, 0.1) is 0 Å². The van der Waals surface area contributed by atoms with Crippen molar-refractivity contribution in [2.75, 3.05) is 7.11 Å². The number of aliphatic hydroxyl groups is 1. The molecule has 0 fully saturated rings. The van der Waals surface area contributed by atoms with Gasteiger partial charge in [0.1, 0.15) is 5.75 Å². The number of hydrogen-bond acceptors (Lipinski definition) is 4. The quantitative estimate of drug-likeness (QED) is 0.820. The molecule has 1 atom stereocenters. The van der Waals surface area contributed by atoms with Crippen molar-refractivity contribution < 1.29 is 19.7 Å². The average molecular weight is 326 g/mol. The Bertz CT molecular complexity index is 719. The van der Waals surface area contributed by atoms with Gasteiger partial charge in [-0.3, -0.25) is 0 Å². The molecule has 2 aromatic rings. The van der Waals surface area contributed by atoms with Gasteiger partial charge < -0.3 is 19.7 Å². The van der Waals surface area contributed by atoms with Crippen LogP contribution in [0.2, 0.25) is 0 Å². The first-order valence-corrected chi connectivity index (χ1v) is 8.20. The van der Waals surface area contributed by atoms with Crippen LogP contribution in [0.3, 0.4) is 0 Å². The molecule has 2 aromatic carbocycles. The predicted octanol–water partition coefficient (Wildman–Crippen LogP) is 4.29. The van der Waals surface area contributed by atoms with Crippen molar-refractivity contribution in [3.05, 3.63) is 53.6 Å². The Morgan fingerprint density at radius 2 is 1.92 bits per heavy atom. The third kappa shape index (κ3) is 3.89. The Balaban J connectivity index is 2.02. The van der Waals surface area contributed by atoms with Gasteiger partial charge in [0, 0.05) is 0 Å². The maximum Gasteiger partial charge on any atom is 0.203 e. The lowest BCUT2D eigenvalue weighted by molar-refractivity contribution is 0.209. The van der Waals surface area contributed by atoms with E-state index in [1.807, 2.05) is 24.3 Å². The minimum absolute atomic E-state index is 0.00470. The molecule has 2 N–H and O–H groups in total. The van der Waals surface area contributed by atoms with E-state index in [1.54, 1.807) is 24.3 Å². The maximum atomic E-state index is 10.2. The molecule has 0 aromatic heterocycles. The molecule has 126 valence electrons. The van der Waals surface area contributed by atoms with Crippen LogP contribution >= 0.6 is 0 Å². The van der Waals surface area contributed by atoms with Crippen molar-refractivity contribution in [1.29, 1.82) is 0 Å². The number of aromatic hydroxyl groups is 1. The van der Waals surface area contributed by atoms with E-state index in [9.17, 15) is 10.2 Å². The fraction of sp³-hybridized carbons (Fsp3) is 0.300. The molecule has 0 radical (unpaired) electrons. The summed E-state index contributed by atoms with van der Waals surface area (Å²) in [6, 6.07) is 11.3. The van der Waals surface area contributed by atoms with E-state index in [0.29, 0.717) is 17.2 Å². The number of aryl methyl sites for hydroxylation is 1. The number of ether oxygens (including phenoxy) is 2. The molecule has 2 heterocycles. The van der Waals surface area contributed by atoms with E-state index in [0.717, 1.165) is 31.2 Å². The number of hydrogen-bond donors (Lipinski definition) is 2. The molecular formula is C20H22O4. The summed E-state index contributed by atoms with van der Waals surface area (Å²) in [5.41, 5.74) is 1.99. The van der Waals surface area contributed by atoms with E-state index >= 15 is 0 Å². The molecule has 4 heteroatoms. The molecule has 4 rings (SSSR count). The number of rotatable bonds is 1. The van der Waals surface area contributed by atoms with Crippen LogP contribution in [0.25, 0.3) is 6.08 Å². The van der Waals surface area contributed by atoms with Gasteiger partial charge in [-0.15, -0.1) is 0 Å². The monoisotopic (exact) mass is 326 g/mol. The molecule has 4 nitrogen and oxygen atoms in total. The number of aliphatic hydroxyl groups excluding tert-OH is 1. The molecule has 2 aliphatic rings. The third-order valence-corrected chi connectivity index (χ3v) is 4.14. The normalized spacial score (nSPS) is 19.0. The number of phenols is 1. The van der Waals surface area contributed by atoms with E-state index in [-0.39, 0.29) is 5.75 Å². The second-order valence-corrected chi connectivity index (χ2v) is 5.99. The fourth-order valence-electron chi connectivity index (χ4n) is 2.84. The van der Waals surface area contributed by atoms with Crippen molar-refractivity contribution in [2.24, 2.45) is 0 Å². The first-order chi connectivity index (χ1) is 11.7. The summed E-state index contributed by atoms with van der Waals surface area (Å²) in [5.74, 6) is 1.42. The lowest BCUT2D eigenvalue weighted by Gasteiger charge is -2.13. The minimum Gasteiger partial charge on any atom is -0.504 e. The molecule has 24 heavy (non-hydrogen) atoms. The predicted molar refractivity (Wildman–Crippen MR) is 93.8 cm³/mol. The second-order valence-electron chi connectivity index (χ2n) is 5.99. The Morgan fingerprint density at radius 3 is 2.67 bits per heavy atom. The van der Waals surface area contributed by atoms with Gasteiger partial charge in [-0.2, -0.15) is 0 Å². The number of fused-ring (bicyclic) bond motifs is 7. The molecule has 0 aliphatic carbocycles. The summed E-state index contributed by atoms with van der Waals surface area (Å²) < 4.78 is 11.2. The van der Waals surface area contributed by atoms with Crippen LogP contribution in [0.4, 0.5) is 0 Å². The van der Waals surface area contributed by atoms with E-state index < -0.39 is 6.10 Å². The van der Waals surface area contributed by atoms with E-state index in [2.05, 4.69) is 0 Å². The summed E-state index contributed by atoms with van der Waals surface area (Å²) >= 11 is 0. The van der Waals surface area contributed by atoms with Crippen LogP contribution in [-0.2, 0) is 6.42 Å². The zero-order valence-electron chi connectivity index (χ0n) is 13.7. The lowest BCUT2D eigenvalue weighted by Crippen LogP contribution is -2.01. The molecular weight excluding hydrogens is 304 g/mol. The van der Waals surface area contributed by atoms with Crippen molar-refractivity contribution in [3.8, 4) is 23.0 Å². The number of phenolic OH excluding ortho intramolecular Hbond substituents is 1. The summed E-state index contributed by atoms with van der Waals surface area (Å²) in [4.78, 5) is 0. The van der Waals surface area contributed by atoms with Gasteiger partial charge in [-0.05, 0) is 54.7 Å². The van der Waals surface area contributed by atoms with Crippen LogP contribution in [0.1, 0.15) is 30.4 Å². The topological polar surface area (TPSA) is 58.9 Å². The van der Waals surface area contributed by atoms with E-state index in [4.69, 9.17) is 9.47 Å². The SMILES string of the molecule is COc1c(O)cc2cc1Oc1ccc(cc1)CCCC[C@@H](O)/C=C\2. The highest BCUT2D eigenvalue weighted by atomic mass is 16.5. The van der Waals surface area contributed by atoms with Gasteiger partial charge in [0.15, 0.2) is 11.5 Å². The van der Waals surface area contributed by atoms with Crippen molar-refractivity contribution in [2.45, 2.75) is 31.8 Å². The van der Waals surface area contributed by atoms with Crippen LogP contribution in [0.5, 0.6) is 23.0 Å². The minimum atomic E-state index is -0.495. The molecule has 0 amide bonds. The van der Waals surface area contributed by atoms with Crippen LogP contribution < -0.4 is 9.47 Å². The highest BCUT2D eigenvalue weighted by molar-refractivity contribution is 5.62. The van der Waals surface area contributed by atoms with E-state index in [1.165, 1.54) is 12.7 Å². The highest BCUT2D eigenvalue weighted by Gasteiger charge is 2.13. The molecule has 0 saturated carbocycles. The average Bonchev–Trinajstić information content (AvgIpc) is 2.58. The molecule has 0 spiro atoms. The summed E-state index contributed by atoms with van der Waals surface area (Å²) in [6.07, 6.45) is 6.74. The van der Waals surface area contributed by atoms with Crippen molar-refractivity contribution >= 4 is 6.08 Å². The Hall–Kier alpha value is -2.46. The van der Waals surface area contributed by atoms with Crippen molar-refractivity contribution in [1.82, 2.24) is 0 Å². The molecule has 0 saturated heterocycles. The Labute approximate surface area is 142 Å². The first kappa shape index (κ1) is 16.4. The zero-order valence-corrected chi connectivity index (χ0v) is 13.7. The summed E-state index contributed by atoms with van der Waals surface area (Å²) in [5, 5.41) is 20.2. The van der Waals surface area contributed by atoms with Gasteiger partial charge in [0.25, 0.3) is 0 Å². The highest BCUT2D eigenvalue weighted by Crippen LogP contribution is 2.40. The zero-order chi connectivity index (χ0) is 16.9. The lowest BCUT2D eigenvalue weighted by atomic mass is 10.0. The number of benzene rings is 2. The molecule has 2 aliphatic heterocycles. The first-order valence-electron chi connectivity index (χ1n) is 8.20. The molecule has 0 unspecified atom stereocenters. The fourth-order valence-corrected chi connectivity index (χ4v) is 2.84.